The maximum Gasteiger partial charge on any atom is 0.269 e. The maximum atomic E-state index is 14.1. The Bertz CT molecular complexity index is 966. The number of benzene rings is 2. The van der Waals surface area contributed by atoms with Gasteiger partial charge in [0.25, 0.3) is 5.69 Å². The summed E-state index contributed by atoms with van der Waals surface area (Å²) >= 11 is 0. The van der Waals surface area contributed by atoms with Crippen LogP contribution < -0.4 is 14.8 Å². The van der Waals surface area contributed by atoms with Gasteiger partial charge < -0.3 is 10.1 Å². The van der Waals surface area contributed by atoms with Crippen LogP contribution in [0.1, 0.15) is 17.9 Å². The highest BCUT2D eigenvalue weighted by Gasteiger charge is 2.31. The van der Waals surface area contributed by atoms with Crippen molar-refractivity contribution in [3.05, 3.63) is 64.0 Å². The van der Waals surface area contributed by atoms with Crippen LogP contribution in [0.4, 0.5) is 10.1 Å². The van der Waals surface area contributed by atoms with E-state index in [1.807, 2.05) is 0 Å². The van der Waals surface area contributed by atoms with Gasteiger partial charge in [-0.15, -0.1) is 0 Å². The Morgan fingerprint density at radius 2 is 1.96 bits per heavy atom. The van der Waals surface area contributed by atoms with Crippen LogP contribution in [0.15, 0.2) is 47.4 Å². The second-order valence-corrected chi connectivity index (χ2v) is 8.19. The van der Waals surface area contributed by atoms with E-state index in [2.05, 4.69) is 10.0 Å². The molecule has 2 atom stereocenters. The minimum Gasteiger partial charge on any atom is -0.494 e. The number of rotatable bonds is 6. The lowest BCUT2D eigenvalue weighted by Gasteiger charge is -2.33. The summed E-state index contributed by atoms with van der Waals surface area (Å²) in [5.41, 5.74) is 0.487. The van der Waals surface area contributed by atoms with Gasteiger partial charge in [0.2, 0.25) is 10.0 Å². The lowest BCUT2D eigenvalue weighted by molar-refractivity contribution is -0.384. The highest BCUT2D eigenvalue weighted by molar-refractivity contribution is 7.89. The van der Waals surface area contributed by atoms with Gasteiger partial charge in [0.1, 0.15) is 0 Å². The van der Waals surface area contributed by atoms with Crippen molar-refractivity contribution in [2.45, 2.75) is 23.3 Å². The van der Waals surface area contributed by atoms with Gasteiger partial charge in [-0.25, -0.2) is 17.5 Å². The van der Waals surface area contributed by atoms with Crippen LogP contribution in [0.3, 0.4) is 0 Å². The van der Waals surface area contributed by atoms with E-state index in [0.717, 1.165) is 12.1 Å². The molecule has 0 spiro atoms. The second kappa shape index (κ2) is 8.21. The Hall–Kier alpha value is -2.56. The number of nitro groups is 1. The van der Waals surface area contributed by atoms with Crippen molar-refractivity contribution in [2.75, 3.05) is 20.2 Å². The number of sulfonamides is 1. The number of ether oxygens (including phenoxy) is 1. The Kier molecular flexibility index (Phi) is 5.92. The van der Waals surface area contributed by atoms with Crippen molar-refractivity contribution in [3.8, 4) is 5.75 Å². The Labute approximate surface area is 161 Å². The summed E-state index contributed by atoms with van der Waals surface area (Å²) in [6.45, 7) is 1.05. The molecular weight excluding hydrogens is 389 g/mol. The molecule has 2 aromatic carbocycles. The molecule has 0 aromatic heterocycles. The first-order chi connectivity index (χ1) is 13.3. The fourth-order valence-electron chi connectivity index (χ4n) is 3.31. The van der Waals surface area contributed by atoms with Crippen molar-refractivity contribution in [2.24, 2.45) is 0 Å². The summed E-state index contributed by atoms with van der Waals surface area (Å²) < 4.78 is 47.1. The summed E-state index contributed by atoms with van der Waals surface area (Å²) in [6.07, 6.45) is 0.624. The summed E-state index contributed by atoms with van der Waals surface area (Å²) in [6, 6.07) is 8.79. The molecule has 0 amide bonds. The first-order valence-electron chi connectivity index (χ1n) is 8.63. The van der Waals surface area contributed by atoms with Crippen LogP contribution in [0.5, 0.6) is 5.75 Å². The molecule has 150 valence electrons. The SMILES string of the molecule is COc1ccc([C@H]2CCNC[C@H]2NS(=O)(=O)c2ccc([N+](=O)[O-])cc2)cc1F. The quantitative estimate of drug-likeness (QED) is 0.559. The van der Waals surface area contributed by atoms with Crippen LogP contribution in [-0.4, -0.2) is 39.6 Å². The van der Waals surface area contributed by atoms with Crippen molar-refractivity contribution in [3.63, 3.8) is 0 Å². The van der Waals surface area contributed by atoms with E-state index < -0.39 is 26.8 Å². The van der Waals surface area contributed by atoms with E-state index in [4.69, 9.17) is 4.74 Å². The molecule has 2 N–H and O–H groups in total. The number of piperidine rings is 1. The maximum absolute atomic E-state index is 14.1. The molecule has 0 aliphatic carbocycles. The third-order valence-electron chi connectivity index (χ3n) is 4.75. The van der Waals surface area contributed by atoms with E-state index in [9.17, 15) is 22.9 Å². The van der Waals surface area contributed by atoms with Crippen molar-refractivity contribution < 1.29 is 22.5 Å². The van der Waals surface area contributed by atoms with Gasteiger partial charge in [-0.2, -0.15) is 0 Å². The zero-order valence-electron chi connectivity index (χ0n) is 15.1. The molecular formula is C18H20FN3O5S. The third kappa shape index (κ3) is 4.29. The number of halogens is 1. The van der Waals surface area contributed by atoms with Gasteiger partial charge in [0.05, 0.1) is 16.9 Å². The average molecular weight is 409 g/mol. The minimum atomic E-state index is -3.90. The Morgan fingerprint density at radius 1 is 1.25 bits per heavy atom. The molecule has 0 unspecified atom stereocenters. The molecule has 0 radical (unpaired) electrons. The number of hydrogen-bond donors (Lipinski definition) is 2. The van der Waals surface area contributed by atoms with Crippen LogP contribution in [0.25, 0.3) is 0 Å². The predicted molar refractivity (Wildman–Crippen MR) is 100 cm³/mol. The van der Waals surface area contributed by atoms with Gasteiger partial charge in [0.15, 0.2) is 11.6 Å². The standard InChI is InChI=1S/C18H20FN3O5S/c1-27-18-7-2-12(10-16(18)19)15-8-9-20-11-17(15)21-28(25,26)14-5-3-13(4-6-14)22(23)24/h2-7,10,15,17,20-21H,8-9,11H2,1H3/t15-,17-/m1/s1. The topological polar surface area (TPSA) is 111 Å². The number of nitro benzene ring substituents is 1. The Balaban J connectivity index is 1.84. The monoisotopic (exact) mass is 409 g/mol. The van der Waals surface area contributed by atoms with E-state index in [0.29, 0.717) is 25.1 Å². The molecule has 1 saturated heterocycles. The minimum absolute atomic E-state index is 0.0664. The number of nitrogens with one attached hydrogen (secondary N) is 2. The Morgan fingerprint density at radius 3 is 2.57 bits per heavy atom. The van der Waals surface area contributed by atoms with E-state index in [1.165, 1.54) is 31.4 Å². The van der Waals surface area contributed by atoms with Gasteiger partial charge in [-0.05, 0) is 42.8 Å². The van der Waals surface area contributed by atoms with E-state index in [1.54, 1.807) is 6.07 Å². The predicted octanol–water partition coefficient (Wildman–Crippen LogP) is 2.17. The van der Waals surface area contributed by atoms with E-state index >= 15 is 0 Å². The van der Waals surface area contributed by atoms with Crippen LogP contribution in [0, 0.1) is 15.9 Å². The number of nitrogens with zero attached hydrogens (tertiary/aromatic N) is 1. The first-order valence-corrected chi connectivity index (χ1v) is 10.1. The average Bonchev–Trinajstić information content (AvgIpc) is 2.68. The largest absolute Gasteiger partial charge is 0.494 e. The number of non-ortho nitro benzene ring substituents is 1. The molecule has 0 bridgehead atoms. The van der Waals surface area contributed by atoms with Gasteiger partial charge in [-0.1, -0.05) is 6.07 Å². The zero-order chi connectivity index (χ0) is 20.3. The van der Waals surface area contributed by atoms with Crippen molar-refractivity contribution in [1.29, 1.82) is 0 Å². The van der Waals surface area contributed by atoms with Gasteiger partial charge in [-0.3, -0.25) is 10.1 Å². The third-order valence-corrected chi connectivity index (χ3v) is 6.26. The number of methoxy groups -OCH3 is 1. The fourth-order valence-corrected chi connectivity index (χ4v) is 4.59. The summed E-state index contributed by atoms with van der Waals surface area (Å²) in [4.78, 5) is 10.1. The van der Waals surface area contributed by atoms with Crippen LogP contribution in [0.2, 0.25) is 0 Å². The summed E-state index contributed by atoms with van der Waals surface area (Å²) in [7, 11) is -2.52. The van der Waals surface area contributed by atoms with Gasteiger partial charge in [0, 0.05) is 30.6 Å². The lowest BCUT2D eigenvalue weighted by atomic mass is 9.86. The van der Waals surface area contributed by atoms with Crippen LogP contribution >= 0.6 is 0 Å². The molecule has 1 heterocycles. The molecule has 1 aliphatic rings. The molecule has 2 aromatic rings. The molecule has 3 rings (SSSR count). The lowest BCUT2D eigenvalue weighted by Crippen LogP contribution is -2.49. The summed E-state index contributed by atoms with van der Waals surface area (Å²) in [5.74, 6) is -0.606. The molecule has 0 saturated carbocycles. The van der Waals surface area contributed by atoms with Gasteiger partial charge >= 0.3 is 0 Å². The van der Waals surface area contributed by atoms with Crippen molar-refractivity contribution >= 4 is 15.7 Å². The molecule has 8 nitrogen and oxygen atoms in total. The highest BCUT2D eigenvalue weighted by Crippen LogP contribution is 2.30. The fraction of sp³-hybridized carbons (Fsp3) is 0.333. The van der Waals surface area contributed by atoms with Crippen molar-refractivity contribution in [1.82, 2.24) is 10.0 Å². The normalized spacial score (nSPS) is 19.9. The molecule has 1 fully saturated rings. The number of hydrogen-bond acceptors (Lipinski definition) is 6. The van der Waals surface area contributed by atoms with E-state index in [-0.39, 0.29) is 22.3 Å². The zero-order valence-corrected chi connectivity index (χ0v) is 15.9. The smallest absolute Gasteiger partial charge is 0.269 e. The second-order valence-electron chi connectivity index (χ2n) is 6.47. The molecule has 1 aliphatic heterocycles. The molecule has 28 heavy (non-hydrogen) atoms. The van der Waals surface area contributed by atoms with Crippen LogP contribution in [-0.2, 0) is 10.0 Å². The molecule has 10 heteroatoms. The first kappa shape index (κ1) is 20.2. The summed E-state index contributed by atoms with van der Waals surface area (Å²) in [5, 5.41) is 13.9. The highest BCUT2D eigenvalue weighted by atomic mass is 32.2.